The summed E-state index contributed by atoms with van der Waals surface area (Å²) >= 11 is 12.3. The van der Waals surface area contributed by atoms with Gasteiger partial charge in [0.15, 0.2) is 0 Å². The Labute approximate surface area is 80.3 Å². The van der Waals surface area contributed by atoms with Crippen molar-refractivity contribution in [1.29, 1.82) is 0 Å². The summed E-state index contributed by atoms with van der Waals surface area (Å²) in [5, 5.41) is 0. The lowest BCUT2D eigenvalue weighted by Gasteiger charge is -2.28. The minimum atomic E-state index is -0.175. The first-order valence-corrected chi connectivity index (χ1v) is 4.90. The largest absolute Gasteiger partial charge is 0.120 e. The summed E-state index contributed by atoms with van der Waals surface area (Å²) in [4.78, 5) is -0.300. The molecular formula is C9H18Cl2. The van der Waals surface area contributed by atoms with Gasteiger partial charge in [-0.05, 0) is 33.6 Å². The van der Waals surface area contributed by atoms with Gasteiger partial charge in [0.1, 0.15) is 0 Å². The maximum atomic E-state index is 6.24. The SMILES string of the molecule is CCCC(C)(Cl)CC(C)(C)Cl. The van der Waals surface area contributed by atoms with Gasteiger partial charge in [-0.1, -0.05) is 13.3 Å². The second-order valence-electron chi connectivity index (χ2n) is 4.06. The van der Waals surface area contributed by atoms with Gasteiger partial charge < -0.3 is 0 Å². The van der Waals surface area contributed by atoms with E-state index >= 15 is 0 Å². The zero-order valence-electron chi connectivity index (χ0n) is 7.88. The highest BCUT2D eigenvalue weighted by molar-refractivity contribution is 6.26. The van der Waals surface area contributed by atoms with E-state index in [0.717, 1.165) is 19.3 Å². The monoisotopic (exact) mass is 196 g/mol. The zero-order chi connectivity index (χ0) is 9.12. The third-order valence-corrected chi connectivity index (χ3v) is 2.02. The fourth-order valence-electron chi connectivity index (χ4n) is 1.49. The third kappa shape index (κ3) is 6.96. The van der Waals surface area contributed by atoms with Crippen LogP contribution in [0.5, 0.6) is 0 Å². The standard InChI is InChI=1S/C9H18Cl2/c1-5-6-9(4,11)7-8(2,3)10/h5-7H2,1-4H3. The second kappa shape index (κ2) is 4.00. The molecule has 0 saturated heterocycles. The Balaban J connectivity index is 3.91. The lowest BCUT2D eigenvalue weighted by molar-refractivity contribution is 0.463. The molecule has 0 spiro atoms. The Hall–Kier alpha value is 0.580. The summed E-state index contributed by atoms with van der Waals surface area (Å²) in [5.41, 5.74) is 0. The molecule has 0 aromatic heterocycles. The molecule has 0 saturated carbocycles. The van der Waals surface area contributed by atoms with Crippen LogP contribution < -0.4 is 0 Å². The van der Waals surface area contributed by atoms with Crippen LogP contribution in [-0.2, 0) is 0 Å². The van der Waals surface area contributed by atoms with Gasteiger partial charge in [-0.2, -0.15) is 0 Å². The molecule has 0 aliphatic carbocycles. The van der Waals surface area contributed by atoms with E-state index in [-0.39, 0.29) is 9.75 Å². The first kappa shape index (κ1) is 11.6. The van der Waals surface area contributed by atoms with Crippen LogP contribution in [0.25, 0.3) is 0 Å². The van der Waals surface area contributed by atoms with E-state index < -0.39 is 0 Å². The third-order valence-electron chi connectivity index (χ3n) is 1.56. The molecule has 1 unspecified atom stereocenters. The Morgan fingerprint density at radius 2 is 1.55 bits per heavy atom. The van der Waals surface area contributed by atoms with Crippen molar-refractivity contribution in [2.45, 2.75) is 56.7 Å². The second-order valence-corrected chi connectivity index (χ2v) is 5.99. The first-order chi connectivity index (χ1) is 4.77. The van der Waals surface area contributed by atoms with Crippen LogP contribution in [0.2, 0.25) is 0 Å². The average Bonchev–Trinajstić information content (AvgIpc) is 1.55. The van der Waals surface area contributed by atoms with Crippen LogP contribution in [0.3, 0.4) is 0 Å². The molecule has 0 bridgehead atoms. The maximum absolute atomic E-state index is 6.24. The van der Waals surface area contributed by atoms with Crippen LogP contribution in [0, 0.1) is 0 Å². The van der Waals surface area contributed by atoms with Crippen molar-refractivity contribution in [3.8, 4) is 0 Å². The fraction of sp³-hybridized carbons (Fsp3) is 1.00. The van der Waals surface area contributed by atoms with Crippen LogP contribution in [0.1, 0.15) is 47.0 Å². The lowest BCUT2D eigenvalue weighted by atomic mass is 9.93. The molecule has 0 nitrogen and oxygen atoms in total. The van der Waals surface area contributed by atoms with Crippen molar-refractivity contribution >= 4 is 23.2 Å². The minimum Gasteiger partial charge on any atom is -0.120 e. The van der Waals surface area contributed by atoms with E-state index in [9.17, 15) is 0 Å². The molecule has 0 heterocycles. The highest BCUT2D eigenvalue weighted by atomic mass is 35.5. The molecule has 0 aromatic carbocycles. The summed E-state index contributed by atoms with van der Waals surface area (Å²) in [6.07, 6.45) is 3.01. The van der Waals surface area contributed by atoms with E-state index in [1.807, 2.05) is 13.8 Å². The van der Waals surface area contributed by atoms with E-state index in [1.165, 1.54) is 0 Å². The minimum absolute atomic E-state index is 0.125. The predicted octanol–water partition coefficient (Wildman–Crippen LogP) is 4.19. The van der Waals surface area contributed by atoms with Gasteiger partial charge in [0.25, 0.3) is 0 Å². The van der Waals surface area contributed by atoms with Gasteiger partial charge in [0.05, 0.1) is 0 Å². The molecular weight excluding hydrogens is 179 g/mol. The molecule has 0 aromatic rings. The van der Waals surface area contributed by atoms with Crippen molar-refractivity contribution < 1.29 is 0 Å². The van der Waals surface area contributed by atoms with Gasteiger partial charge in [-0.3, -0.25) is 0 Å². The molecule has 0 radical (unpaired) electrons. The summed E-state index contributed by atoms with van der Waals surface area (Å²) in [7, 11) is 0. The van der Waals surface area contributed by atoms with E-state index in [4.69, 9.17) is 23.2 Å². The summed E-state index contributed by atoms with van der Waals surface area (Å²) < 4.78 is 0. The molecule has 0 aliphatic heterocycles. The Morgan fingerprint density at radius 3 is 1.82 bits per heavy atom. The van der Waals surface area contributed by atoms with E-state index in [0.29, 0.717) is 0 Å². The van der Waals surface area contributed by atoms with Crippen molar-refractivity contribution in [1.82, 2.24) is 0 Å². The Kier molecular flexibility index (Phi) is 4.21. The Morgan fingerprint density at radius 1 is 1.09 bits per heavy atom. The number of rotatable bonds is 4. The van der Waals surface area contributed by atoms with E-state index in [1.54, 1.807) is 0 Å². The van der Waals surface area contributed by atoms with Gasteiger partial charge in [-0.25, -0.2) is 0 Å². The molecule has 0 rings (SSSR count). The number of alkyl halides is 2. The number of hydrogen-bond acceptors (Lipinski definition) is 0. The highest BCUT2D eigenvalue weighted by Crippen LogP contribution is 2.33. The molecule has 0 N–H and O–H groups in total. The normalized spacial score (nSPS) is 18.0. The van der Waals surface area contributed by atoms with Crippen LogP contribution in [0.15, 0.2) is 0 Å². The number of halogens is 2. The zero-order valence-corrected chi connectivity index (χ0v) is 9.39. The fourth-order valence-corrected chi connectivity index (χ4v) is 2.37. The van der Waals surface area contributed by atoms with Gasteiger partial charge in [0.2, 0.25) is 0 Å². The molecule has 0 amide bonds. The molecule has 2 heteroatoms. The lowest BCUT2D eigenvalue weighted by Crippen LogP contribution is -2.26. The molecule has 1 atom stereocenters. The van der Waals surface area contributed by atoms with Crippen molar-refractivity contribution in [3.05, 3.63) is 0 Å². The molecule has 68 valence electrons. The smallest absolute Gasteiger partial charge is 0.0435 e. The van der Waals surface area contributed by atoms with Gasteiger partial charge >= 0.3 is 0 Å². The van der Waals surface area contributed by atoms with Gasteiger partial charge in [0, 0.05) is 9.75 Å². The summed E-state index contributed by atoms with van der Waals surface area (Å²) in [5.74, 6) is 0. The summed E-state index contributed by atoms with van der Waals surface area (Å²) in [6.45, 7) is 8.21. The predicted molar refractivity (Wildman–Crippen MR) is 53.7 cm³/mol. The first-order valence-electron chi connectivity index (χ1n) is 4.15. The quantitative estimate of drug-likeness (QED) is 0.592. The molecule has 0 aliphatic rings. The van der Waals surface area contributed by atoms with Crippen LogP contribution >= 0.6 is 23.2 Å². The van der Waals surface area contributed by atoms with Crippen LogP contribution in [-0.4, -0.2) is 9.75 Å². The Bertz CT molecular complexity index is 111. The van der Waals surface area contributed by atoms with E-state index in [2.05, 4.69) is 13.8 Å². The van der Waals surface area contributed by atoms with Crippen molar-refractivity contribution in [2.75, 3.05) is 0 Å². The van der Waals surface area contributed by atoms with Gasteiger partial charge in [-0.15, -0.1) is 23.2 Å². The highest BCUT2D eigenvalue weighted by Gasteiger charge is 2.28. The summed E-state index contributed by atoms with van der Waals surface area (Å²) in [6, 6.07) is 0. The molecule has 11 heavy (non-hydrogen) atoms. The van der Waals surface area contributed by atoms with Crippen molar-refractivity contribution in [2.24, 2.45) is 0 Å². The molecule has 0 fully saturated rings. The van der Waals surface area contributed by atoms with Crippen molar-refractivity contribution in [3.63, 3.8) is 0 Å². The van der Waals surface area contributed by atoms with Crippen LogP contribution in [0.4, 0.5) is 0 Å². The topological polar surface area (TPSA) is 0 Å². The number of hydrogen-bond donors (Lipinski definition) is 0. The average molecular weight is 197 g/mol. The maximum Gasteiger partial charge on any atom is 0.0435 e.